The molecular formula is C14H15N. The Balaban J connectivity index is 3.06. The molecule has 0 aliphatic heterocycles. The highest BCUT2D eigenvalue weighted by atomic mass is 14.2. The molecule has 0 spiro atoms. The largest absolute Gasteiger partial charge is 0.192 e. The summed E-state index contributed by atoms with van der Waals surface area (Å²) in [6, 6.07) is 12.3. The lowest BCUT2D eigenvalue weighted by Gasteiger charge is -2.01. The maximum absolute atomic E-state index is 8.94. The lowest BCUT2D eigenvalue weighted by atomic mass is 10.0. The van der Waals surface area contributed by atoms with E-state index >= 15 is 0 Å². The summed E-state index contributed by atoms with van der Waals surface area (Å²) in [7, 11) is 0. The molecule has 0 aliphatic rings. The van der Waals surface area contributed by atoms with Gasteiger partial charge in [-0.05, 0) is 38.0 Å². The Hall–Kier alpha value is -1.81. The Bertz CT molecular complexity index is 426. The average Bonchev–Trinajstić information content (AvgIpc) is 2.26. The Kier molecular flexibility index (Phi) is 3.88. The molecule has 0 saturated carbocycles. The van der Waals surface area contributed by atoms with Crippen LogP contribution >= 0.6 is 0 Å². The summed E-state index contributed by atoms with van der Waals surface area (Å²) in [5, 5.41) is 8.94. The number of nitrogens with zero attached hydrogens (tertiary/aromatic N) is 1. The summed E-state index contributed by atoms with van der Waals surface area (Å²) in [6.45, 7) is 5.93. The van der Waals surface area contributed by atoms with Crippen LogP contribution in [0.4, 0.5) is 0 Å². The van der Waals surface area contributed by atoms with Gasteiger partial charge in [0.25, 0.3) is 0 Å². The summed E-state index contributed by atoms with van der Waals surface area (Å²) < 4.78 is 0. The second-order valence-corrected chi connectivity index (χ2v) is 3.72. The van der Waals surface area contributed by atoms with E-state index in [1.807, 2.05) is 57.2 Å². The number of hydrogen-bond acceptors (Lipinski definition) is 1. The van der Waals surface area contributed by atoms with Crippen LogP contribution in [0.25, 0.3) is 5.57 Å². The maximum atomic E-state index is 8.94. The summed E-state index contributed by atoms with van der Waals surface area (Å²) in [5.41, 5.74) is 4.07. The van der Waals surface area contributed by atoms with E-state index in [0.717, 1.165) is 22.3 Å². The van der Waals surface area contributed by atoms with E-state index in [4.69, 9.17) is 5.26 Å². The molecule has 76 valence electrons. The molecule has 0 heterocycles. The zero-order valence-electron chi connectivity index (χ0n) is 9.41. The molecule has 0 bridgehead atoms. The Morgan fingerprint density at radius 3 is 2.20 bits per heavy atom. The van der Waals surface area contributed by atoms with Crippen LogP contribution < -0.4 is 0 Å². The third-order valence-corrected chi connectivity index (χ3v) is 2.25. The number of allylic oxidation sites excluding steroid dienone is 4. The first-order valence-electron chi connectivity index (χ1n) is 4.96. The minimum Gasteiger partial charge on any atom is -0.192 e. The molecule has 1 nitrogen and oxygen atoms in total. The van der Waals surface area contributed by atoms with Gasteiger partial charge in [0.1, 0.15) is 0 Å². The van der Waals surface area contributed by atoms with Crippen molar-refractivity contribution in [3.63, 3.8) is 0 Å². The van der Waals surface area contributed by atoms with Crippen LogP contribution in [0, 0.1) is 11.3 Å². The average molecular weight is 197 g/mol. The van der Waals surface area contributed by atoms with Gasteiger partial charge in [-0.2, -0.15) is 5.26 Å². The second-order valence-electron chi connectivity index (χ2n) is 3.72. The second kappa shape index (κ2) is 5.17. The topological polar surface area (TPSA) is 23.8 Å². The number of hydrogen-bond donors (Lipinski definition) is 0. The van der Waals surface area contributed by atoms with Crippen molar-refractivity contribution in [2.75, 3.05) is 0 Å². The molecule has 1 aromatic carbocycles. The van der Waals surface area contributed by atoms with Crippen LogP contribution in [0.3, 0.4) is 0 Å². The fourth-order valence-electron chi connectivity index (χ4n) is 1.29. The van der Waals surface area contributed by atoms with E-state index in [-0.39, 0.29) is 0 Å². The monoisotopic (exact) mass is 197 g/mol. The van der Waals surface area contributed by atoms with Gasteiger partial charge in [0.15, 0.2) is 0 Å². The zero-order valence-corrected chi connectivity index (χ0v) is 9.41. The summed E-state index contributed by atoms with van der Waals surface area (Å²) in [6.07, 6.45) is 1.94. The van der Waals surface area contributed by atoms with Crippen LogP contribution in [-0.4, -0.2) is 0 Å². The predicted octanol–water partition coefficient (Wildman–Crippen LogP) is 3.95. The van der Waals surface area contributed by atoms with Crippen LogP contribution in [0.1, 0.15) is 26.3 Å². The molecular weight excluding hydrogens is 182 g/mol. The molecule has 1 aromatic rings. The van der Waals surface area contributed by atoms with E-state index in [1.165, 1.54) is 0 Å². The predicted molar refractivity (Wildman–Crippen MR) is 64.1 cm³/mol. The van der Waals surface area contributed by atoms with Crippen molar-refractivity contribution in [3.8, 4) is 6.07 Å². The molecule has 0 fully saturated rings. The minimum atomic E-state index is 0.747. The van der Waals surface area contributed by atoms with E-state index in [0.29, 0.717) is 0 Å². The van der Waals surface area contributed by atoms with Gasteiger partial charge in [-0.15, -0.1) is 0 Å². The first kappa shape index (κ1) is 11.3. The highest BCUT2D eigenvalue weighted by Gasteiger charge is 1.97. The van der Waals surface area contributed by atoms with Gasteiger partial charge in [0, 0.05) is 0 Å². The number of rotatable bonds is 2. The maximum Gasteiger partial charge on any atom is 0.0991 e. The van der Waals surface area contributed by atoms with E-state index in [2.05, 4.69) is 6.07 Å². The van der Waals surface area contributed by atoms with Crippen LogP contribution in [-0.2, 0) is 0 Å². The Morgan fingerprint density at radius 1 is 1.13 bits per heavy atom. The summed E-state index contributed by atoms with van der Waals surface area (Å²) in [4.78, 5) is 0. The lowest BCUT2D eigenvalue weighted by Crippen LogP contribution is -1.82. The van der Waals surface area contributed by atoms with Gasteiger partial charge in [-0.1, -0.05) is 35.9 Å². The molecule has 0 radical (unpaired) electrons. The fraction of sp³-hybridized carbons (Fsp3) is 0.214. The molecule has 0 aliphatic carbocycles. The van der Waals surface area contributed by atoms with Gasteiger partial charge in [-0.25, -0.2) is 0 Å². The minimum absolute atomic E-state index is 0.747. The molecule has 1 heteroatoms. The van der Waals surface area contributed by atoms with Crippen molar-refractivity contribution in [1.29, 1.82) is 5.26 Å². The van der Waals surface area contributed by atoms with E-state index < -0.39 is 0 Å². The zero-order chi connectivity index (χ0) is 11.3. The normalized spacial score (nSPS) is 10.7. The van der Waals surface area contributed by atoms with Crippen LogP contribution in [0.15, 0.2) is 47.6 Å². The first-order chi connectivity index (χ1) is 7.15. The Labute approximate surface area is 91.4 Å². The molecule has 0 unspecified atom stereocenters. The molecule has 1 rings (SSSR count). The molecule has 0 aromatic heterocycles. The van der Waals surface area contributed by atoms with Crippen molar-refractivity contribution >= 4 is 5.57 Å². The summed E-state index contributed by atoms with van der Waals surface area (Å²) >= 11 is 0. The highest BCUT2D eigenvalue weighted by molar-refractivity contribution is 5.68. The van der Waals surface area contributed by atoms with Gasteiger partial charge in [0.05, 0.1) is 11.6 Å². The van der Waals surface area contributed by atoms with Crippen molar-refractivity contribution in [2.45, 2.75) is 20.8 Å². The highest BCUT2D eigenvalue weighted by Crippen LogP contribution is 2.16. The molecule has 15 heavy (non-hydrogen) atoms. The van der Waals surface area contributed by atoms with Gasteiger partial charge in [-0.3, -0.25) is 0 Å². The first-order valence-corrected chi connectivity index (χ1v) is 4.96. The Morgan fingerprint density at radius 2 is 1.73 bits per heavy atom. The van der Waals surface area contributed by atoms with Crippen molar-refractivity contribution in [2.24, 2.45) is 0 Å². The summed E-state index contributed by atoms with van der Waals surface area (Å²) in [5.74, 6) is 0. The van der Waals surface area contributed by atoms with E-state index in [9.17, 15) is 0 Å². The third kappa shape index (κ3) is 3.11. The number of benzene rings is 1. The van der Waals surface area contributed by atoms with Crippen LogP contribution in [0.2, 0.25) is 0 Å². The molecule has 0 atom stereocenters. The molecule has 0 amide bonds. The molecule has 0 saturated heterocycles. The SMILES string of the molecule is CC(C)=C(C#N)/C=C(\C)c1ccccc1. The quantitative estimate of drug-likeness (QED) is 0.520. The third-order valence-electron chi connectivity index (χ3n) is 2.25. The van der Waals surface area contributed by atoms with Gasteiger partial charge < -0.3 is 0 Å². The van der Waals surface area contributed by atoms with Gasteiger partial charge >= 0.3 is 0 Å². The van der Waals surface area contributed by atoms with Gasteiger partial charge in [0.2, 0.25) is 0 Å². The standard InChI is InChI=1S/C14H15N/c1-11(2)14(10-15)9-12(3)13-7-5-4-6-8-13/h4-9H,1-3H3/b12-9+. The number of nitriles is 1. The fourth-order valence-corrected chi connectivity index (χ4v) is 1.29. The van der Waals surface area contributed by atoms with Crippen LogP contribution in [0.5, 0.6) is 0 Å². The van der Waals surface area contributed by atoms with Crippen molar-refractivity contribution in [1.82, 2.24) is 0 Å². The van der Waals surface area contributed by atoms with E-state index in [1.54, 1.807) is 0 Å². The van der Waals surface area contributed by atoms with Crippen molar-refractivity contribution < 1.29 is 0 Å². The lowest BCUT2D eigenvalue weighted by molar-refractivity contribution is 1.33. The smallest absolute Gasteiger partial charge is 0.0991 e. The van der Waals surface area contributed by atoms with Crippen molar-refractivity contribution in [3.05, 3.63) is 53.1 Å². The molecule has 0 N–H and O–H groups in total.